The minimum absolute atomic E-state index is 0.137. The number of nitriles is 1. The summed E-state index contributed by atoms with van der Waals surface area (Å²) in [6.07, 6.45) is 1.31. The summed E-state index contributed by atoms with van der Waals surface area (Å²) in [6.45, 7) is 0. The zero-order valence-electron chi connectivity index (χ0n) is 9.28. The monoisotopic (exact) mass is 483 g/mol. The molecule has 0 aliphatic heterocycles. The number of imide groups is 1. The van der Waals surface area contributed by atoms with Gasteiger partial charge < -0.3 is 10.8 Å². The number of benzene rings is 1. The Bertz CT molecular complexity index is 597. The summed E-state index contributed by atoms with van der Waals surface area (Å²) in [5, 5.41) is 20.3. The van der Waals surface area contributed by atoms with Crippen molar-refractivity contribution in [3.63, 3.8) is 0 Å². The van der Waals surface area contributed by atoms with E-state index >= 15 is 0 Å². The highest BCUT2D eigenvalue weighted by molar-refractivity contribution is 14.1. The molecule has 0 heterocycles. The summed E-state index contributed by atoms with van der Waals surface area (Å²) >= 11 is 3.86. The van der Waals surface area contributed by atoms with Crippen LogP contribution in [0.5, 0.6) is 5.75 Å². The number of phenols is 1. The molecule has 19 heavy (non-hydrogen) atoms. The molecule has 0 saturated heterocycles. The normalized spacial score (nSPS) is 10.7. The molecular weight excluding hydrogens is 476 g/mol. The molecule has 1 aromatic rings. The third-order valence-electron chi connectivity index (χ3n) is 1.95. The molecular formula is C11H7I2N3O3. The van der Waals surface area contributed by atoms with Crippen molar-refractivity contribution in [1.29, 1.82) is 5.26 Å². The smallest absolute Gasteiger partial charge is 0.319 e. The molecule has 0 spiro atoms. The number of aromatic hydroxyl groups is 1. The second-order valence-corrected chi connectivity index (χ2v) is 5.65. The number of carbonyl (C=O) groups excluding carboxylic acids is 2. The van der Waals surface area contributed by atoms with E-state index in [0.29, 0.717) is 12.7 Å². The van der Waals surface area contributed by atoms with Crippen molar-refractivity contribution < 1.29 is 14.7 Å². The number of nitrogens with zero attached hydrogens (tertiary/aromatic N) is 1. The predicted octanol–water partition coefficient (Wildman–Crippen LogP) is 1.70. The van der Waals surface area contributed by atoms with E-state index in [1.54, 1.807) is 18.2 Å². The Morgan fingerprint density at radius 1 is 1.37 bits per heavy atom. The first-order chi connectivity index (χ1) is 8.85. The molecule has 0 saturated carbocycles. The number of urea groups is 1. The van der Waals surface area contributed by atoms with E-state index in [0.717, 1.165) is 0 Å². The highest BCUT2D eigenvalue weighted by Crippen LogP contribution is 2.28. The standard InChI is InChI=1S/C11H7I2N3O3/c12-7-2-5(3-8(13)9(7)17)1-6(4-14)10(18)16-11(15)19/h1-3,17H,(H3,15,16,18,19)/b6-1-. The molecule has 8 heteroatoms. The van der Waals surface area contributed by atoms with Crippen LogP contribution in [-0.4, -0.2) is 17.0 Å². The van der Waals surface area contributed by atoms with Gasteiger partial charge in [0, 0.05) is 0 Å². The molecule has 0 aliphatic carbocycles. The summed E-state index contributed by atoms with van der Waals surface area (Å²) in [6, 6.07) is 3.86. The van der Waals surface area contributed by atoms with Gasteiger partial charge in [0.1, 0.15) is 17.4 Å². The molecule has 98 valence electrons. The summed E-state index contributed by atoms with van der Waals surface area (Å²) in [5.41, 5.74) is 5.11. The number of halogens is 2. The Kier molecular flexibility index (Phi) is 5.55. The summed E-state index contributed by atoms with van der Waals surface area (Å²) < 4.78 is 1.17. The van der Waals surface area contributed by atoms with Gasteiger partial charge in [0.05, 0.1) is 7.14 Å². The van der Waals surface area contributed by atoms with Gasteiger partial charge in [0.2, 0.25) is 0 Å². The Balaban J connectivity index is 3.16. The van der Waals surface area contributed by atoms with Gasteiger partial charge >= 0.3 is 6.03 Å². The first kappa shape index (κ1) is 15.7. The van der Waals surface area contributed by atoms with Gasteiger partial charge in [0.25, 0.3) is 5.91 Å². The maximum atomic E-state index is 11.5. The van der Waals surface area contributed by atoms with Crippen LogP contribution >= 0.6 is 45.2 Å². The van der Waals surface area contributed by atoms with Gasteiger partial charge in [-0.15, -0.1) is 0 Å². The van der Waals surface area contributed by atoms with Crippen molar-refractivity contribution in [1.82, 2.24) is 5.32 Å². The molecule has 6 nitrogen and oxygen atoms in total. The first-order valence-corrected chi connectivity index (χ1v) is 6.91. The molecule has 0 radical (unpaired) electrons. The van der Waals surface area contributed by atoms with Crippen molar-refractivity contribution in [3.8, 4) is 11.8 Å². The van der Waals surface area contributed by atoms with Crippen LogP contribution in [0.15, 0.2) is 17.7 Å². The number of rotatable bonds is 2. The van der Waals surface area contributed by atoms with Gasteiger partial charge in [-0.1, -0.05) is 0 Å². The molecule has 0 fully saturated rings. The van der Waals surface area contributed by atoms with Crippen LogP contribution in [0.3, 0.4) is 0 Å². The number of amides is 3. The van der Waals surface area contributed by atoms with Crippen molar-refractivity contribution in [3.05, 3.63) is 30.4 Å². The maximum Gasteiger partial charge on any atom is 0.319 e. The van der Waals surface area contributed by atoms with Crippen molar-refractivity contribution in [2.24, 2.45) is 5.73 Å². The molecule has 0 aliphatic rings. The molecule has 0 aromatic heterocycles. The first-order valence-electron chi connectivity index (χ1n) is 4.75. The Morgan fingerprint density at radius 3 is 2.32 bits per heavy atom. The fourth-order valence-electron chi connectivity index (χ4n) is 1.16. The molecule has 0 atom stereocenters. The van der Waals surface area contributed by atoms with Gasteiger partial charge in [-0.05, 0) is 69.0 Å². The summed E-state index contributed by atoms with van der Waals surface area (Å²) in [4.78, 5) is 22.0. The third kappa shape index (κ3) is 4.35. The highest BCUT2D eigenvalue weighted by Gasteiger charge is 2.12. The number of nitrogens with two attached hydrogens (primary N) is 1. The number of hydrogen-bond donors (Lipinski definition) is 3. The number of phenolic OH excluding ortho intramolecular Hbond substituents is 1. The average molecular weight is 483 g/mol. The lowest BCUT2D eigenvalue weighted by molar-refractivity contribution is -0.115. The van der Waals surface area contributed by atoms with Crippen LogP contribution in [0, 0.1) is 18.5 Å². The largest absolute Gasteiger partial charge is 0.506 e. The molecule has 0 bridgehead atoms. The summed E-state index contributed by atoms with van der Waals surface area (Å²) in [5.74, 6) is -0.730. The Hall–Kier alpha value is -1.35. The van der Waals surface area contributed by atoms with Crippen LogP contribution in [0.1, 0.15) is 5.56 Å². The second-order valence-electron chi connectivity index (χ2n) is 3.32. The predicted molar refractivity (Wildman–Crippen MR) is 84.9 cm³/mol. The van der Waals surface area contributed by atoms with Crippen LogP contribution in [0.4, 0.5) is 4.79 Å². The number of primary amides is 1. The van der Waals surface area contributed by atoms with E-state index in [9.17, 15) is 14.7 Å². The van der Waals surface area contributed by atoms with Gasteiger partial charge in [0.15, 0.2) is 0 Å². The lowest BCUT2D eigenvalue weighted by atomic mass is 10.1. The lowest BCUT2D eigenvalue weighted by Crippen LogP contribution is -2.35. The van der Waals surface area contributed by atoms with E-state index < -0.39 is 11.9 Å². The van der Waals surface area contributed by atoms with Crippen LogP contribution in [0.2, 0.25) is 0 Å². The Morgan fingerprint density at radius 2 is 1.89 bits per heavy atom. The molecule has 3 amide bonds. The van der Waals surface area contributed by atoms with E-state index in [-0.39, 0.29) is 11.3 Å². The fourth-order valence-corrected chi connectivity index (χ4v) is 2.98. The number of nitrogens with one attached hydrogen (secondary N) is 1. The molecule has 1 rings (SSSR count). The molecule has 1 aromatic carbocycles. The van der Waals surface area contributed by atoms with Crippen LogP contribution in [-0.2, 0) is 4.79 Å². The maximum absolute atomic E-state index is 11.5. The SMILES string of the molecule is N#C/C(=C/c1cc(I)c(O)c(I)c1)C(=O)NC(N)=O. The third-order valence-corrected chi connectivity index (χ3v) is 3.60. The van der Waals surface area contributed by atoms with Crippen molar-refractivity contribution >= 4 is 63.2 Å². The van der Waals surface area contributed by atoms with E-state index in [1.165, 1.54) is 6.08 Å². The zero-order chi connectivity index (χ0) is 14.6. The van der Waals surface area contributed by atoms with Crippen molar-refractivity contribution in [2.45, 2.75) is 0 Å². The minimum atomic E-state index is -1.03. The average Bonchev–Trinajstić information content (AvgIpc) is 2.31. The molecule has 4 N–H and O–H groups in total. The summed E-state index contributed by atoms with van der Waals surface area (Å²) in [7, 11) is 0. The van der Waals surface area contributed by atoms with E-state index in [1.807, 2.05) is 50.5 Å². The zero-order valence-corrected chi connectivity index (χ0v) is 13.6. The van der Waals surface area contributed by atoms with E-state index in [2.05, 4.69) is 0 Å². The lowest BCUT2D eigenvalue weighted by Gasteiger charge is -2.03. The fraction of sp³-hybridized carbons (Fsp3) is 0. The quantitative estimate of drug-likeness (QED) is 0.338. The van der Waals surface area contributed by atoms with Gasteiger partial charge in [-0.25, -0.2) is 4.79 Å². The Labute approximate surface area is 135 Å². The van der Waals surface area contributed by atoms with Gasteiger partial charge in [-0.2, -0.15) is 5.26 Å². The topological polar surface area (TPSA) is 116 Å². The minimum Gasteiger partial charge on any atom is -0.506 e. The molecule has 0 unspecified atom stereocenters. The number of carbonyl (C=O) groups is 2. The second kappa shape index (κ2) is 6.71. The number of hydrogen-bond acceptors (Lipinski definition) is 4. The van der Waals surface area contributed by atoms with Crippen molar-refractivity contribution in [2.75, 3.05) is 0 Å². The van der Waals surface area contributed by atoms with Crippen LogP contribution in [0.25, 0.3) is 6.08 Å². The van der Waals surface area contributed by atoms with E-state index in [4.69, 9.17) is 11.0 Å². The van der Waals surface area contributed by atoms with Crippen LogP contribution < -0.4 is 11.1 Å². The highest BCUT2D eigenvalue weighted by atomic mass is 127. The van der Waals surface area contributed by atoms with Gasteiger partial charge in [-0.3, -0.25) is 10.1 Å².